The minimum atomic E-state index is 0. The van der Waals surface area contributed by atoms with Gasteiger partial charge in [-0.05, 0) is 25.7 Å². The van der Waals surface area contributed by atoms with Crippen LogP contribution in [0.15, 0.2) is 48.1 Å². The zero-order chi connectivity index (χ0) is 8.93. The number of rotatable bonds is 1. The Morgan fingerprint density at radius 2 is 1.64 bits per heavy atom. The van der Waals surface area contributed by atoms with Crippen molar-refractivity contribution in [2.24, 2.45) is 5.92 Å². The summed E-state index contributed by atoms with van der Waals surface area (Å²) in [6.45, 7) is 0. The monoisotopic (exact) mass is 365 g/mol. The predicted octanol–water partition coefficient (Wildman–Crippen LogP) is 3.78. The van der Waals surface area contributed by atoms with Gasteiger partial charge in [0, 0.05) is 26.0 Å². The second kappa shape index (κ2) is 6.16. The van der Waals surface area contributed by atoms with E-state index in [0.717, 1.165) is 0 Å². The average Bonchev–Trinajstić information content (AvgIpc) is 2.55. The molecule has 0 aromatic rings. The third-order valence-corrected chi connectivity index (χ3v) is 2.68. The van der Waals surface area contributed by atoms with Gasteiger partial charge in [-0.25, -0.2) is 0 Å². The molecule has 2 rings (SSSR count). The Labute approximate surface area is 99.8 Å². The van der Waals surface area contributed by atoms with Gasteiger partial charge in [-0.2, -0.15) is 0 Å². The summed E-state index contributed by atoms with van der Waals surface area (Å²) in [6, 6.07) is 0. The second-order valence-electron chi connectivity index (χ2n) is 3.66. The van der Waals surface area contributed by atoms with Crippen LogP contribution in [0.5, 0.6) is 0 Å². The van der Waals surface area contributed by atoms with Crippen molar-refractivity contribution in [3.8, 4) is 0 Å². The Balaban J connectivity index is 0.000000980. The molecule has 1 heteroatoms. The fourth-order valence-electron chi connectivity index (χ4n) is 1.93. The molecule has 77 valence electrons. The SMILES string of the molecule is C1=CC(C2=CCCC=CCC2)C=C1.[Ir]. The topological polar surface area (TPSA) is 0 Å². The molecule has 2 aliphatic rings. The van der Waals surface area contributed by atoms with Gasteiger partial charge in [0.1, 0.15) is 0 Å². The summed E-state index contributed by atoms with van der Waals surface area (Å²) in [5, 5.41) is 0. The fraction of sp³-hybridized carbons (Fsp3) is 0.385. The predicted molar refractivity (Wildman–Crippen MR) is 57.5 cm³/mol. The van der Waals surface area contributed by atoms with E-state index >= 15 is 0 Å². The van der Waals surface area contributed by atoms with Crippen molar-refractivity contribution in [2.75, 3.05) is 0 Å². The maximum atomic E-state index is 2.42. The van der Waals surface area contributed by atoms with Crippen molar-refractivity contribution in [2.45, 2.75) is 25.7 Å². The van der Waals surface area contributed by atoms with E-state index in [0.29, 0.717) is 5.92 Å². The van der Waals surface area contributed by atoms with E-state index in [9.17, 15) is 0 Å². The summed E-state index contributed by atoms with van der Waals surface area (Å²) < 4.78 is 0. The Kier molecular flexibility index (Phi) is 5.14. The largest absolute Gasteiger partial charge is 0.0882 e. The minimum Gasteiger partial charge on any atom is -0.0882 e. The number of allylic oxidation sites excluding steroid dienone is 8. The summed E-state index contributed by atoms with van der Waals surface area (Å²) in [6.07, 6.45) is 20.8. The van der Waals surface area contributed by atoms with Crippen molar-refractivity contribution >= 4 is 0 Å². The normalized spacial score (nSPS) is 21.3. The van der Waals surface area contributed by atoms with Crippen LogP contribution in [0.4, 0.5) is 0 Å². The summed E-state index contributed by atoms with van der Waals surface area (Å²) in [5.41, 5.74) is 1.61. The van der Waals surface area contributed by atoms with E-state index in [4.69, 9.17) is 0 Å². The third-order valence-electron chi connectivity index (χ3n) is 2.68. The molecule has 0 unspecified atom stereocenters. The first-order chi connectivity index (χ1) is 6.47. The van der Waals surface area contributed by atoms with Crippen LogP contribution in [0.2, 0.25) is 0 Å². The van der Waals surface area contributed by atoms with Crippen molar-refractivity contribution < 1.29 is 20.1 Å². The van der Waals surface area contributed by atoms with Crippen molar-refractivity contribution in [1.82, 2.24) is 0 Å². The molecule has 0 aromatic carbocycles. The van der Waals surface area contributed by atoms with Gasteiger partial charge < -0.3 is 0 Å². The van der Waals surface area contributed by atoms with Crippen molar-refractivity contribution in [3.63, 3.8) is 0 Å². The molecule has 0 amide bonds. The molecule has 0 saturated heterocycles. The maximum absolute atomic E-state index is 2.42. The van der Waals surface area contributed by atoms with Gasteiger partial charge in [0.05, 0.1) is 0 Å². The Bertz CT molecular complexity index is 270. The molecule has 0 atom stereocenters. The molecule has 0 spiro atoms. The fourth-order valence-corrected chi connectivity index (χ4v) is 1.93. The maximum Gasteiger partial charge on any atom is 0.0163 e. The van der Waals surface area contributed by atoms with Crippen LogP contribution >= 0.6 is 0 Å². The van der Waals surface area contributed by atoms with Gasteiger partial charge in [-0.15, -0.1) is 0 Å². The molecule has 0 bridgehead atoms. The molecule has 1 radical (unpaired) electrons. The standard InChI is InChI=1S/C13H16.Ir/c1-2-4-8-12(9-5-3-1)13-10-6-7-11-13;/h1-2,6-7,9-11,13H,3-5,8H2;. The summed E-state index contributed by atoms with van der Waals surface area (Å²) >= 11 is 0. The Morgan fingerprint density at radius 1 is 0.929 bits per heavy atom. The van der Waals surface area contributed by atoms with Gasteiger partial charge in [-0.1, -0.05) is 48.1 Å². The van der Waals surface area contributed by atoms with E-state index in [1.54, 1.807) is 5.57 Å². The van der Waals surface area contributed by atoms with Gasteiger partial charge in [-0.3, -0.25) is 0 Å². The van der Waals surface area contributed by atoms with Crippen LogP contribution in [0.1, 0.15) is 25.7 Å². The molecular formula is C13H16Ir. The van der Waals surface area contributed by atoms with Crippen LogP contribution in [0.25, 0.3) is 0 Å². The molecule has 0 N–H and O–H groups in total. The van der Waals surface area contributed by atoms with Gasteiger partial charge in [0.2, 0.25) is 0 Å². The smallest absolute Gasteiger partial charge is 0.0163 e. The van der Waals surface area contributed by atoms with Crippen LogP contribution < -0.4 is 0 Å². The Morgan fingerprint density at radius 3 is 2.43 bits per heavy atom. The summed E-state index contributed by atoms with van der Waals surface area (Å²) in [7, 11) is 0. The first-order valence-corrected chi connectivity index (χ1v) is 5.16. The van der Waals surface area contributed by atoms with Crippen LogP contribution in [0, 0.1) is 5.92 Å². The first-order valence-electron chi connectivity index (χ1n) is 5.16. The zero-order valence-corrected chi connectivity index (χ0v) is 10.7. The van der Waals surface area contributed by atoms with Crippen LogP contribution in [-0.4, -0.2) is 0 Å². The van der Waals surface area contributed by atoms with Crippen LogP contribution in [-0.2, 0) is 20.1 Å². The van der Waals surface area contributed by atoms with E-state index in [1.165, 1.54) is 25.7 Å². The van der Waals surface area contributed by atoms with Crippen molar-refractivity contribution in [3.05, 3.63) is 48.1 Å². The van der Waals surface area contributed by atoms with E-state index in [-0.39, 0.29) is 20.1 Å². The molecule has 2 aliphatic carbocycles. The molecule has 0 nitrogen and oxygen atoms in total. The van der Waals surface area contributed by atoms with E-state index in [1.807, 2.05) is 0 Å². The molecular weight excluding hydrogens is 348 g/mol. The molecule has 0 saturated carbocycles. The van der Waals surface area contributed by atoms with Crippen molar-refractivity contribution in [1.29, 1.82) is 0 Å². The molecule has 0 aliphatic heterocycles. The zero-order valence-electron chi connectivity index (χ0n) is 8.28. The first kappa shape index (κ1) is 11.7. The average molecular weight is 364 g/mol. The summed E-state index contributed by atoms with van der Waals surface area (Å²) in [5.74, 6) is 0.603. The molecule has 0 fully saturated rings. The van der Waals surface area contributed by atoms with E-state index < -0.39 is 0 Å². The van der Waals surface area contributed by atoms with Gasteiger partial charge in [0.15, 0.2) is 0 Å². The van der Waals surface area contributed by atoms with Gasteiger partial charge >= 0.3 is 0 Å². The number of hydrogen-bond donors (Lipinski definition) is 0. The van der Waals surface area contributed by atoms with Crippen LogP contribution in [0.3, 0.4) is 0 Å². The quantitative estimate of drug-likeness (QED) is 0.621. The number of hydrogen-bond acceptors (Lipinski definition) is 0. The Hall–Kier alpha value is -0.391. The molecule has 0 aromatic heterocycles. The molecule has 14 heavy (non-hydrogen) atoms. The van der Waals surface area contributed by atoms with E-state index in [2.05, 4.69) is 42.5 Å². The minimum absolute atomic E-state index is 0. The summed E-state index contributed by atoms with van der Waals surface area (Å²) in [4.78, 5) is 0. The third kappa shape index (κ3) is 3.08. The second-order valence-corrected chi connectivity index (χ2v) is 3.66. The van der Waals surface area contributed by atoms with Gasteiger partial charge in [0.25, 0.3) is 0 Å². The molecule has 0 heterocycles.